The van der Waals surface area contributed by atoms with Gasteiger partial charge in [-0.3, -0.25) is 0 Å². The Bertz CT molecular complexity index is 132. The zero-order chi connectivity index (χ0) is 8.53. The Balaban J connectivity index is 2.96. The molecule has 0 rings (SSSR count). The lowest BCUT2D eigenvalue weighted by Gasteiger charge is -2.01. The van der Waals surface area contributed by atoms with Crippen LogP contribution in [0.1, 0.15) is 19.8 Å². The summed E-state index contributed by atoms with van der Waals surface area (Å²) in [7, 11) is 0. The summed E-state index contributed by atoms with van der Waals surface area (Å²) in [5.41, 5.74) is -0.246. The predicted octanol–water partition coefficient (Wildman–Crippen LogP) is 1.94. The van der Waals surface area contributed by atoms with Crippen molar-refractivity contribution in [3.05, 3.63) is 0 Å². The van der Waals surface area contributed by atoms with E-state index >= 15 is 0 Å². The van der Waals surface area contributed by atoms with Crippen molar-refractivity contribution in [1.82, 2.24) is 0 Å². The van der Waals surface area contributed by atoms with Crippen molar-refractivity contribution in [2.45, 2.75) is 25.2 Å². The number of isothiocyanates is 1. The number of aliphatic imine (C=N–C) groups is 1. The Morgan fingerprint density at radius 2 is 2.36 bits per heavy atom. The maximum absolute atomic E-state index is 8.87. The molecule has 0 aliphatic heterocycles. The summed E-state index contributed by atoms with van der Waals surface area (Å²) in [5.74, 6) is 0.991. The van der Waals surface area contributed by atoms with Crippen molar-refractivity contribution < 1.29 is 5.11 Å². The normalized spacial score (nSPS) is 12.2. The maximum atomic E-state index is 8.87. The first-order valence-electron chi connectivity index (χ1n) is 3.60. The van der Waals surface area contributed by atoms with E-state index in [1.165, 1.54) is 0 Å². The molecule has 0 heterocycles. The van der Waals surface area contributed by atoms with Gasteiger partial charge in [0.15, 0.2) is 0 Å². The third-order valence-electron chi connectivity index (χ3n) is 1.09. The summed E-state index contributed by atoms with van der Waals surface area (Å²) in [5, 5.41) is 11.2. The topological polar surface area (TPSA) is 32.6 Å². The third kappa shape index (κ3) is 10.1. The Morgan fingerprint density at radius 3 is 2.91 bits per heavy atom. The van der Waals surface area contributed by atoms with Gasteiger partial charge in [-0.05, 0) is 37.7 Å². The van der Waals surface area contributed by atoms with E-state index in [4.69, 9.17) is 5.11 Å². The van der Waals surface area contributed by atoms with Gasteiger partial charge in [-0.1, -0.05) is 0 Å². The number of rotatable bonds is 6. The molecule has 0 amide bonds. The van der Waals surface area contributed by atoms with Gasteiger partial charge in [0.2, 0.25) is 0 Å². The van der Waals surface area contributed by atoms with Crippen LogP contribution in [0.2, 0.25) is 0 Å². The zero-order valence-corrected chi connectivity index (χ0v) is 8.25. The van der Waals surface area contributed by atoms with Crippen LogP contribution in [0.5, 0.6) is 0 Å². The Kier molecular flexibility index (Phi) is 8.29. The van der Waals surface area contributed by atoms with E-state index in [0.717, 1.165) is 25.1 Å². The molecule has 0 aliphatic rings. The lowest BCUT2D eigenvalue weighted by atomic mass is 10.3. The summed E-state index contributed by atoms with van der Waals surface area (Å²) in [6, 6.07) is 0. The van der Waals surface area contributed by atoms with Crippen LogP contribution in [0, 0.1) is 0 Å². The first kappa shape index (κ1) is 11.1. The molecule has 0 spiro atoms. The molecule has 0 fully saturated rings. The molecule has 0 aromatic rings. The molecule has 0 bridgehead atoms. The number of thioether (sulfide) groups is 1. The van der Waals surface area contributed by atoms with E-state index in [1.807, 2.05) is 0 Å². The molecule has 1 atom stereocenters. The van der Waals surface area contributed by atoms with Crippen molar-refractivity contribution in [2.75, 3.05) is 12.3 Å². The van der Waals surface area contributed by atoms with Crippen LogP contribution in [-0.4, -0.2) is 28.0 Å². The van der Waals surface area contributed by atoms with Crippen molar-refractivity contribution in [3.8, 4) is 0 Å². The number of unbranched alkanes of at least 4 members (excludes halogenated alkanes) is 1. The quantitative estimate of drug-likeness (QED) is 0.301. The maximum Gasteiger partial charge on any atom is 0.0964 e. The third-order valence-corrected chi connectivity index (χ3v) is 2.22. The highest BCUT2D eigenvalue weighted by Crippen LogP contribution is 2.09. The molecule has 0 saturated heterocycles. The summed E-state index contributed by atoms with van der Waals surface area (Å²) < 4.78 is 0. The average Bonchev–Trinajstić information content (AvgIpc) is 1.96. The van der Waals surface area contributed by atoms with E-state index in [0.29, 0.717) is 0 Å². The number of aliphatic hydroxyl groups excluding tert-OH is 1. The second kappa shape index (κ2) is 8.21. The molecular weight excluding hydrogens is 178 g/mol. The van der Waals surface area contributed by atoms with Gasteiger partial charge in [-0.25, -0.2) is 4.99 Å². The van der Waals surface area contributed by atoms with E-state index in [-0.39, 0.29) is 5.44 Å². The summed E-state index contributed by atoms with van der Waals surface area (Å²) in [4.78, 5) is 3.78. The Labute approximate surface area is 77.1 Å². The number of aliphatic hydroxyl groups is 1. The van der Waals surface area contributed by atoms with E-state index in [2.05, 4.69) is 22.4 Å². The van der Waals surface area contributed by atoms with Gasteiger partial charge in [0.05, 0.1) is 10.6 Å². The van der Waals surface area contributed by atoms with Gasteiger partial charge in [0.25, 0.3) is 0 Å². The molecule has 0 radical (unpaired) electrons. The lowest BCUT2D eigenvalue weighted by molar-refractivity contribution is 0.284. The second-order valence-corrected chi connectivity index (χ2v) is 3.76. The monoisotopic (exact) mass is 191 g/mol. The minimum absolute atomic E-state index is 0.246. The largest absolute Gasteiger partial charge is 0.383 e. The molecule has 0 aliphatic carbocycles. The van der Waals surface area contributed by atoms with E-state index < -0.39 is 0 Å². The first-order valence-corrected chi connectivity index (χ1v) is 5.06. The van der Waals surface area contributed by atoms with Gasteiger partial charge < -0.3 is 5.11 Å². The van der Waals surface area contributed by atoms with Crippen LogP contribution < -0.4 is 0 Å². The highest BCUT2D eigenvalue weighted by Gasteiger charge is 1.94. The van der Waals surface area contributed by atoms with Crippen LogP contribution in [0.15, 0.2) is 4.99 Å². The zero-order valence-electron chi connectivity index (χ0n) is 6.62. The summed E-state index contributed by atoms with van der Waals surface area (Å²) >= 11 is 5.97. The van der Waals surface area contributed by atoms with Crippen molar-refractivity contribution in [3.63, 3.8) is 0 Å². The molecule has 2 nitrogen and oxygen atoms in total. The minimum Gasteiger partial charge on any atom is -0.383 e. The SMILES string of the molecule is CC(O)SCCCCN=C=S. The fourth-order valence-corrected chi connectivity index (χ4v) is 1.40. The van der Waals surface area contributed by atoms with E-state index in [1.54, 1.807) is 18.7 Å². The molecule has 11 heavy (non-hydrogen) atoms. The van der Waals surface area contributed by atoms with Gasteiger partial charge in [-0.15, -0.1) is 11.8 Å². The van der Waals surface area contributed by atoms with Gasteiger partial charge >= 0.3 is 0 Å². The lowest BCUT2D eigenvalue weighted by Crippen LogP contribution is -1.94. The van der Waals surface area contributed by atoms with Gasteiger partial charge in [0, 0.05) is 6.54 Å². The molecule has 0 aromatic heterocycles. The van der Waals surface area contributed by atoms with Crippen LogP contribution in [0.3, 0.4) is 0 Å². The molecule has 4 heteroatoms. The van der Waals surface area contributed by atoms with E-state index in [9.17, 15) is 0 Å². The molecule has 0 saturated carbocycles. The highest BCUT2D eigenvalue weighted by molar-refractivity contribution is 7.99. The second-order valence-electron chi connectivity index (χ2n) is 2.15. The molecule has 1 N–H and O–H groups in total. The average molecular weight is 191 g/mol. The predicted molar refractivity (Wildman–Crippen MR) is 53.3 cm³/mol. The van der Waals surface area contributed by atoms with Crippen LogP contribution in [-0.2, 0) is 0 Å². The fraction of sp³-hybridized carbons (Fsp3) is 0.857. The van der Waals surface area contributed by atoms with Crippen molar-refractivity contribution >= 4 is 29.1 Å². The number of hydrogen-bond acceptors (Lipinski definition) is 4. The smallest absolute Gasteiger partial charge is 0.0964 e. The van der Waals surface area contributed by atoms with Gasteiger partial charge in [-0.2, -0.15) is 0 Å². The molecular formula is C7H13NOS2. The summed E-state index contributed by atoms with van der Waals surface area (Å²) in [6.07, 6.45) is 2.11. The number of thiocarbonyl (C=S) groups is 1. The molecule has 64 valence electrons. The Hall–Kier alpha value is 0.110. The molecule has 0 aromatic carbocycles. The summed E-state index contributed by atoms with van der Waals surface area (Å²) in [6.45, 7) is 2.55. The van der Waals surface area contributed by atoms with Gasteiger partial charge in [0.1, 0.15) is 0 Å². The number of hydrogen-bond donors (Lipinski definition) is 1. The van der Waals surface area contributed by atoms with Crippen LogP contribution >= 0.6 is 24.0 Å². The first-order chi connectivity index (χ1) is 5.27. The minimum atomic E-state index is -0.246. The standard InChI is InChI=1S/C7H13NOS2/c1-7(9)11-5-3-2-4-8-6-10/h7,9H,2-5H2,1H3. The van der Waals surface area contributed by atoms with Crippen molar-refractivity contribution in [2.24, 2.45) is 4.99 Å². The van der Waals surface area contributed by atoms with Crippen LogP contribution in [0.4, 0.5) is 0 Å². The van der Waals surface area contributed by atoms with Crippen molar-refractivity contribution in [1.29, 1.82) is 0 Å². The highest BCUT2D eigenvalue weighted by atomic mass is 32.2. The fourth-order valence-electron chi connectivity index (χ4n) is 0.592. The Morgan fingerprint density at radius 1 is 1.64 bits per heavy atom. The molecule has 1 unspecified atom stereocenters. The van der Waals surface area contributed by atoms with Crippen LogP contribution in [0.25, 0.3) is 0 Å². The number of nitrogens with zero attached hydrogens (tertiary/aromatic N) is 1.